The lowest BCUT2D eigenvalue weighted by Crippen LogP contribution is -1.97. The summed E-state index contributed by atoms with van der Waals surface area (Å²) in [7, 11) is 0. The largest absolute Gasteiger partial charge is 0.478 e. The number of hydrogen-bond donors (Lipinski definition) is 1. The van der Waals surface area contributed by atoms with Crippen molar-refractivity contribution in [3.05, 3.63) is 51.9 Å². The molecule has 0 unspecified atom stereocenters. The van der Waals surface area contributed by atoms with Crippen molar-refractivity contribution in [1.29, 1.82) is 0 Å². The fraction of sp³-hybridized carbons (Fsp3) is 0. The molecule has 0 saturated carbocycles. The van der Waals surface area contributed by atoms with Gasteiger partial charge in [0.2, 0.25) is 0 Å². The van der Waals surface area contributed by atoms with Gasteiger partial charge in [0.15, 0.2) is 0 Å². The molecule has 0 aliphatic heterocycles. The van der Waals surface area contributed by atoms with Gasteiger partial charge in [0.05, 0.1) is 15.5 Å². The van der Waals surface area contributed by atoms with Gasteiger partial charge in [-0.2, -0.15) is 5.10 Å². The molecule has 0 aliphatic rings. The van der Waals surface area contributed by atoms with Crippen LogP contribution < -0.4 is 0 Å². The second-order valence-electron chi connectivity index (χ2n) is 3.33. The van der Waals surface area contributed by atoms with Crippen LogP contribution in [0.3, 0.4) is 0 Å². The summed E-state index contributed by atoms with van der Waals surface area (Å²) >= 11 is 2.18. The van der Waals surface area contributed by atoms with Gasteiger partial charge in [-0.15, -0.1) is 0 Å². The summed E-state index contributed by atoms with van der Waals surface area (Å²) in [6.07, 6.45) is 6.31. The smallest absolute Gasteiger partial charge is 0.328 e. The number of carboxylic acid groups (broad SMARTS) is 1. The van der Waals surface area contributed by atoms with E-state index in [1.165, 1.54) is 0 Å². The Hall–Kier alpha value is -1.63. The minimum Gasteiger partial charge on any atom is -0.478 e. The number of aromatic nitrogens is 2. The van der Waals surface area contributed by atoms with E-state index in [0.29, 0.717) is 0 Å². The minimum atomic E-state index is -0.963. The number of rotatable bonds is 3. The second kappa shape index (κ2) is 5.13. The summed E-state index contributed by atoms with van der Waals surface area (Å²) in [5.41, 5.74) is 1.67. The van der Waals surface area contributed by atoms with Crippen molar-refractivity contribution in [3.8, 4) is 5.69 Å². The number of para-hydroxylation sites is 1. The molecule has 0 aliphatic carbocycles. The molecule has 1 N–H and O–H groups in total. The van der Waals surface area contributed by atoms with Gasteiger partial charge in [-0.25, -0.2) is 9.48 Å². The first kappa shape index (κ1) is 11.8. The number of carbonyl (C=O) groups is 1. The Kier molecular flexibility index (Phi) is 3.58. The summed E-state index contributed by atoms with van der Waals surface area (Å²) in [4.78, 5) is 10.5. The van der Waals surface area contributed by atoms with Crippen LogP contribution in [0.5, 0.6) is 0 Å². The summed E-state index contributed by atoms with van der Waals surface area (Å²) < 4.78 is 2.75. The molecule has 0 spiro atoms. The van der Waals surface area contributed by atoms with Crippen LogP contribution in [0.1, 0.15) is 5.56 Å². The van der Waals surface area contributed by atoms with E-state index in [1.54, 1.807) is 17.0 Å². The SMILES string of the molecule is O=C(O)C=Cc1ccccc1-n1cc(I)cn1. The van der Waals surface area contributed by atoms with Gasteiger partial charge in [0, 0.05) is 17.8 Å². The van der Waals surface area contributed by atoms with E-state index in [2.05, 4.69) is 27.7 Å². The van der Waals surface area contributed by atoms with E-state index >= 15 is 0 Å². The Labute approximate surface area is 112 Å². The second-order valence-corrected chi connectivity index (χ2v) is 4.58. The van der Waals surface area contributed by atoms with Crippen molar-refractivity contribution < 1.29 is 9.90 Å². The third-order valence-electron chi connectivity index (χ3n) is 2.14. The van der Waals surface area contributed by atoms with Gasteiger partial charge in [0.1, 0.15) is 0 Å². The molecule has 1 aromatic carbocycles. The van der Waals surface area contributed by atoms with E-state index in [1.807, 2.05) is 30.5 Å². The molecule has 0 atom stereocenters. The highest BCUT2D eigenvalue weighted by Gasteiger charge is 2.03. The standard InChI is InChI=1S/C12H9IN2O2/c13-10-7-14-15(8-10)11-4-2-1-3-9(11)5-6-12(16)17/h1-8H,(H,16,17). The topological polar surface area (TPSA) is 55.1 Å². The first-order chi connectivity index (χ1) is 8.16. The zero-order valence-electron chi connectivity index (χ0n) is 8.75. The summed E-state index contributed by atoms with van der Waals surface area (Å²) in [5.74, 6) is -0.963. The van der Waals surface area contributed by atoms with Crippen LogP contribution >= 0.6 is 22.6 Å². The molecule has 0 amide bonds. The predicted molar refractivity (Wildman–Crippen MR) is 73.0 cm³/mol. The van der Waals surface area contributed by atoms with Crippen molar-refractivity contribution in [2.45, 2.75) is 0 Å². The normalized spacial score (nSPS) is 10.9. The van der Waals surface area contributed by atoms with Crippen molar-refractivity contribution in [1.82, 2.24) is 9.78 Å². The molecular formula is C12H9IN2O2. The van der Waals surface area contributed by atoms with Gasteiger partial charge in [-0.05, 0) is 34.7 Å². The van der Waals surface area contributed by atoms with Gasteiger partial charge in [-0.3, -0.25) is 0 Å². The number of benzene rings is 1. The molecule has 0 radical (unpaired) electrons. The van der Waals surface area contributed by atoms with E-state index in [9.17, 15) is 4.79 Å². The molecule has 0 bridgehead atoms. The van der Waals surface area contributed by atoms with Crippen LogP contribution in [0.4, 0.5) is 0 Å². The molecular weight excluding hydrogens is 331 g/mol. The molecule has 86 valence electrons. The molecule has 2 rings (SSSR count). The minimum absolute atomic E-state index is 0.814. The average molecular weight is 340 g/mol. The quantitative estimate of drug-likeness (QED) is 0.690. The van der Waals surface area contributed by atoms with Crippen molar-refractivity contribution >= 4 is 34.6 Å². The highest BCUT2D eigenvalue weighted by atomic mass is 127. The Morgan fingerprint density at radius 1 is 1.41 bits per heavy atom. The van der Waals surface area contributed by atoms with Crippen molar-refractivity contribution in [3.63, 3.8) is 0 Å². The summed E-state index contributed by atoms with van der Waals surface area (Å²) in [6.45, 7) is 0. The predicted octanol–water partition coefficient (Wildman–Crippen LogP) is 2.57. The third kappa shape index (κ3) is 2.94. The molecule has 17 heavy (non-hydrogen) atoms. The highest BCUT2D eigenvalue weighted by molar-refractivity contribution is 14.1. The first-order valence-corrected chi connectivity index (χ1v) is 5.95. The number of hydrogen-bond acceptors (Lipinski definition) is 2. The van der Waals surface area contributed by atoms with Gasteiger partial charge in [0.25, 0.3) is 0 Å². The molecule has 5 heteroatoms. The third-order valence-corrected chi connectivity index (χ3v) is 2.70. The molecule has 4 nitrogen and oxygen atoms in total. The lowest BCUT2D eigenvalue weighted by Gasteiger charge is -2.05. The summed E-state index contributed by atoms with van der Waals surface area (Å²) in [5, 5.41) is 12.8. The van der Waals surface area contributed by atoms with E-state index < -0.39 is 5.97 Å². The zero-order valence-corrected chi connectivity index (χ0v) is 10.9. The maximum Gasteiger partial charge on any atom is 0.328 e. The number of nitrogens with zero attached hydrogens (tertiary/aromatic N) is 2. The first-order valence-electron chi connectivity index (χ1n) is 4.87. The number of aliphatic carboxylic acids is 1. The van der Waals surface area contributed by atoms with Crippen LogP contribution in [-0.4, -0.2) is 20.9 Å². The van der Waals surface area contributed by atoms with E-state index in [0.717, 1.165) is 20.9 Å². The van der Waals surface area contributed by atoms with Crippen LogP contribution in [0, 0.1) is 3.57 Å². The number of halogens is 1. The lowest BCUT2D eigenvalue weighted by molar-refractivity contribution is -0.131. The molecule has 0 saturated heterocycles. The Morgan fingerprint density at radius 3 is 2.82 bits per heavy atom. The van der Waals surface area contributed by atoms with Gasteiger partial charge < -0.3 is 5.11 Å². The Balaban J connectivity index is 2.44. The van der Waals surface area contributed by atoms with Gasteiger partial charge >= 0.3 is 5.97 Å². The fourth-order valence-corrected chi connectivity index (χ4v) is 1.82. The molecule has 1 heterocycles. The fourth-order valence-electron chi connectivity index (χ4n) is 1.43. The van der Waals surface area contributed by atoms with Crippen LogP contribution in [0.2, 0.25) is 0 Å². The average Bonchev–Trinajstić information content (AvgIpc) is 2.73. The highest BCUT2D eigenvalue weighted by Crippen LogP contribution is 2.16. The van der Waals surface area contributed by atoms with E-state index in [4.69, 9.17) is 5.11 Å². The van der Waals surface area contributed by atoms with Gasteiger partial charge in [-0.1, -0.05) is 18.2 Å². The monoisotopic (exact) mass is 340 g/mol. The number of carboxylic acids is 1. The Bertz CT molecular complexity index is 575. The van der Waals surface area contributed by atoms with Crippen molar-refractivity contribution in [2.24, 2.45) is 0 Å². The van der Waals surface area contributed by atoms with Crippen LogP contribution in [-0.2, 0) is 4.79 Å². The maximum absolute atomic E-state index is 10.5. The van der Waals surface area contributed by atoms with E-state index in [-0.39, 0.29) is 0 Å². The molecule has 0 fully saturated rings. The van der Waals surface area contributed by atoms with Crippen molar-refractivity contribution in [2.75, 3.05) is 0 Å². The maximum atomic E-state index is 10.5. The lowest BCUT2D eigenvalue weighted by atomic mass is 10.1. The Morgan fingerprint density at radius 2 is 2.18 bits per heavy atom. The molecule has 2 aromatic rings. The summed E-state index contributed by atoms with van der Waals surface area (Å²) in [6, 6.07) is 7.50. The zero-order chi connectivity index (χ0) is 12.3. The van der Waals surface area contributed by atoms with Crippen LogP contribution in [0.15, 0.2) is 42.7 Å². The molecule has 1 aromatic heterocycles. The van der Waals surface area contributed by atoms with Crippen LogP contribution in [0.25, 0.3) is 11.8 Å².